The van der Waals surface area contributed by atoms with Gasteiger partial charge in [0.2, 0.25) is 5.88 Å². The number of anilines is 1. The van der Waals surface area contributed by atoms with Crippen LogP contribution in [0.4, 0.5) is 9.52 Å². The van der Waals surface area contributed by atoms with Gasteiger partial charge >= 0.3 is 0 Å². The van der Waals surface area contributed by atoms with Gasteiger partial charge in [-0.1, -0.05) is 13.0 Å². The van der Waals surface area contributed by atoms with Crippen molar-refractivity contribution in [3.05, 3.63) is 41.4 Å². The van der Waals surface area contributed by atoms with Gasteiger partial charge in [0.1, 0.15) is 16.3 Å². The summed E-state index contributed by atoms with van der Waals surface area (Å²) < 4.78 is 21.3. The first kappa shape index (κ1) is 16.8. The molecule has 0 spiro atoms. The molecule has 26 heavy (non-hydrogen) atoms. The Labute approximate surface area is 155 Å². The number of thiophene rings is 1. The lowest BCUT2D eigenvalue weighted by atomic mass is 10.2. The van der Waals surface area contributed by atoms with E-state index in [9.17, 15) is 9.18 Å². The summed E-state index contributed by atoms with van der Waals surface area (Å²) in [6.45, 7) is 1.69. The summed E-state index contributed by atoms with van der Waals surface area (Å²) in [6, 6.07) is 4.89. The second-order valence-electron chi connectivity index (χ2n) is 5.37. The van der Waals surface area contributed by atoms with Gasteiger partial charge in [-0.25, -0.2) is 14.4 Å². The molecule has 6 nitrogen and oxygen atoms in total. The van der Waals surface area contributed by atoms with Gasteiger partial charge < -0.3 is 4.74 Å². The Bertz CT molecular complexity index is 1100. The van der Waals surface area contributed by atoms with Crippen molar-refractivity contribution in [3.63, 3.8) is 0 Å². The van der Waals surface area contributed by atoms with E-state index in [4.69, 9.17) is 4.74 Å². The molecular formula is C17H13FN4O2S2. The Morgan fingerprint density at radius 3 is 3.00 bits per heavy atom. The first-order valence-electron chi connectivity index (χ1n) is 7.85. The molecule has 3 heterocycles. The van der Waals surface area contributed by atoms with Crippen LogP contribution in [0.25, 0.3) is 20.3 Å². The number of nitrogens with one attached hydrogen (secondary N) is 1. The standard InChI is InChI=1S/C17H13FN4O2S2/c1-2-11-20-14-13-9(18)4-3-5-10(13)26-15(14)16(21-11)24-8-12(23)22-17-19-6-7-25-17/h3-7H,2,8H2,1H3,(H,19,22,23). The topological polar surface area (TPSA) is 77.0 Å². The lowest BCUT2D eigenvalue weighted by Crippen LogP contribution is -2.20. The second-order valence-corrected chi connectivity index (χ2v) is 7.31. The lowest BCUT2D eigenvalue weighted by Gasteiger charge is -2.07. The molecule has 0 saturated carbocycles. The average Bonchev–Trinajstić information content (AvgIpc) is 3.27. The van der Waals surface area contributed by atoms with E-state index in [1.54, 1.807) is 17.6 Å². The van der Waals surface area contributed by atoms with Gasteiger partial charge in [0.15, 0.2) is 11.7 Å². The number of fused-ring (bicyclic) bond motifs is 3. The highest BCUT2D eigenvalue weighted by atomic mass is 32.1. The fourth-order valence-corrected chi connectivity index (χ4v) is 4.14. The molecule has 0 aliphatic rings. The Kier molecular flexibility index (Phi) is 4.48. The molecule has 0 saturated heterocycles. The van der Waals surface area contributed by atoms with Crippen molar-refractivity contribution in [2.45, 2.75) is 13.3 Å². The van der Waals surface area contributed by atoms with Gasteiger partial charge in [0.05, 0.1) is 10.9 Å². The number of aryl methyl sites for hydroxylation is 1. The molecule has 4 rings (SSSR count). The van der Waals surface area contributed by atoms with Crippen LogP contribution in [0.1, 0.15) is 12.7 Å². The van der Waals surface area contributed by atoms with E-state index >= 15 is 0 Å². The molecule has 3 aromatic heterocycles. The summed E-state index contributed by atoms with van der Waals surface area (Å²) in [4.78, 5) is 24.9. The first-order valence-corrected chi connectivity index (χ1v) is 9.55. The van der Waals surface area contributed by atoms with Crippen LogP contribution in [0, 0.1) is 5.82 Å². The quantitative estimate of drug-likeness (QED) is 0.559. The van der Waals surface area contributed by atoms with Crippen LogP contribution < -0.4 is 10.1 Å². The van der Waals surface area contributed by atoms with Gasteiger partial charge in [-0.2, -0.15) is 4.98 Å². The number of aromatic nitrogens is 3. The molecule has 0 aliphatic carbocycles. The number of amides is 1. The van der Waals surface area contributed by atoms with E-state index in [0.29, 0.717) is 38.9 Å². The number of halogens is 1. The summed E-state index contributed by atoms with van der Waals surface area (Å²) in [6.07, 6.45) is 2.18. The van der Waals surface area contributed by atoms with Crippen molar-refractivity contribution in [2.75, 3.05) is 11.9 Å². The maximum atomic E-state index is 14.3. The van der Waals surface area contributed by atoms with Crippen molar-refractivity contribution in [3.8, 4) is 5.88 Å². The lowest BCUT2D eigenvalue weighted by molar-refractivity contribution is -0.118. The number of carbonyl (C=O) groups is 1. The SMILES string of the molecule is CCc1nc(OCC(=O)Nc2nccs2)c2sc3cccc(F)c3c2n1. The van der Waals surface area contributed by atoms with Crippen LogP contribution >= 0.6 is 22.7 Å². The number of carbonyl (C=O) groups excluding carboxylic acids is 1. The Hall–Kier alpha value is -2.65. The number of benzene rings is 1. The summed E-state index contributed by atoms with van der Waals surface area (Å²) in [5, 5.41) is 5.38. The summed E-state index contributed by atoms with van der Waals surface area (Å²) in [5.74, 6) is 0.163. The van der Waals surface area contributed by atoms with Crippen LogP contribution in [0.2, 0.25) is 0 Å². The van der Waals surface area contributed by atoms with Gasteiger partial charge in [-0.05, 0) is 12.1 Å². The maximum absolute atomic E-state index is 14.3. The smallest absolute Gasteiger partial charge is 0.264 e. The van der Waals surface area contributed by atoms with Crippen molar-refractivity contribution < 1.29 is 13.9 Å². The number of thiazole rings is 1. The molecule has 9 heteroatoms. The van der Waals surface area contributed by atoms with Gasteiger partial charge in [-0.3, -0.25) is 10.1 Å². The maximum Gasteiger partial charge on any atom is 0.264 e. The third-order valence-electron chi connectivity index (χ3n) is 3.64. The third kappa shape index (κ3) is 3.11. The summed E-state index contributed by atoms with van der Waals surface area (Å²) in [5.41, 5.74) is 0.519. The fraction of sp³-hybridized carbons (Fsp3) is 0.176. The zero-order valence-electron chi connectivity index (χ0n) is 13.7. The molecule has 1 N–H and O–H groups in total. The zero-order valence-corrected chi connectivity index (χ0v) is 15.3. The van der Waals surface area contributed by atoms with Crippen LogP contribution in [-0.4, -0.2) is 27.5 Å². The van der Waals surface area contributed by atoms with E-state index in [1.807, 2.05) is 13.0 Å². The van der Waals surface area contributed by atoms with Crippen molar-refractivity contribution >= 4 is 54.0 Å². The van der Waals surface area contributed by atoms with E-state index in [0.717, 1.165) is 4.70 Å². The Balaban J connectivity index is 1.68. The van der Waals surface area contributed by atoms with Crippen molar-refractivity contribution in [2.24, 2.45) is 0 Å². The van der Waals surface area contributed by atoms with Crippen LogP contribution in [-0.2, 0) is 11.2 Å². The molecule has 0 fully saturated rings. The molecule has 1 aromatic carbocycles. The molecule has 4 aromatic rings. The predicted octanol–water partition coefficient (Wildman–Crippen LogP) is 4.02. The van der Waals surface area contributed by atoms with Crippen LogP contribution in [0.5, 0.6) is 5.88 Å². The number of hydrogen-bond donors (Lipinski definition) is 1. The average molecular weight is 388 g/mol. The van der Waals surface area contributed by atoms with Crippen LogP contribution in [0.15, 0.2) is 29.8 Å². The minimum Gasteiger partial charge on any atom is -0.466 e. The monoisotopic (exact) mass is 388 g/mol. The molecule has 0 bridgehead atoms. The normalized spacial score (nSPS) is 11.2. The minimum absolute atomic E-state index is 0.217. The van der Waals surface area contributed by atoms with Crippen molar-refractivity contribution in [1.29, 1.82) is 0 Å². The van der Waals surface area contributed by atoms with E-state index in [-0.39, 0.29) is 18.3 Å². The molecular weight excluding hydrogens is 375 g/mol. The minimum atomic E-state index is -0.336. The highest BCUT2D eigenvalue weighted by Gasteiger charge is 2.18. The zero-order chi connectivity index (χ0) is 18.1. The predicted molar refractivity (Wildman–Crippen MR) is 100 cm³/mol. The third-order valence-corrected chi connectivity index (χ3v) is 5.46. The number of hydrogen-bond acceptors (Lipinski definition) is 7. The van der Waals surface area contributed by atoms with Gasteiger partial charge in [0, 0.05) is 22.7 Å². The molecule has 132 valence electrons. The van der Waals surface area contributed by atoms with E-state index in [2.05, 4.69) is 20.3 Å². The number of nitrogens with zero attached hydrogens (tertiary/aromatic N) is 3. The van der Waals surface area contributed by atoms with Crippen LogP contribution in [0.3, 0.4) is 0 Å². The molecule has 0 atom stereocenters. The van der Waals surface area contributed by atoms with Gasteiger partial charge in [0.25, 0.3) is 5.91 Å². The number of rotatable bonds is 5. The van der Waals surface area contributed by atoms with Crippen molar-refractivity contribution in [1.82, 2.24) is 15.0 Å². The fourth-order valence-electron chi connectivity index (χ4n) is 2.50. The Morgan fingerprint density at radius 1 is 1.35 bits per heavy atom. The second kappa shape index (κ2) is 6.93. The number of ether oxygens (including phenoxy) is 1. The highest BCUT2D eigenvalue weighted by molar-refractivity contribution is 7.26. The molecule has 0 aliphatic heterocycles. The Morgan fingerprint density at radius 2 is 2.23 bits per heavy atom. The largest absolute Gasteiger partial charge is 0.466 e. The molecule has 0 unspecified atom stereocenters. The van der Waals surface area contributed by atoms with E-state index in [1.165, 1.54) is 28.7 Å². The summed E-state index contributed by atoms with van der Waals surface area (Å²) >= 11 is 2.67. The summed E-state index contributed by atoms with van der Waals surface area (Å²) in [7, 11) is 0. The van der Waals surface area contributed by atoms with Gasteiger partial charge in [-0.15, -0.1) is 22.7 Å². The highest BCUT2D eigenvalue weighted by Crippen LogP contribution is 2.38. The first-order chi connectivity index (χ1) is 12.7. The molecule has 0 radical (unpaired) electrons. The van der Waals surface area contributed by atoms with E-state index < -0.39 is 0 Å². The molecule has 1 amide bonds.